The van der Waals surface area contributed by atoms with Crippen LogP contribution in [-0.4, -0.2) is 25.1 Å². The Kier molecular flexibility index (Phi) is 5.88. The first-order valence-electron chi connectivity index (χ1n) is 7.56. The zero-order valence-corrected chi connectivity index (χ0v) is 13.4. The Balaban J connectivity index is 2.06. The molecule has 4 nitrogen and oxygen atoms in total. The predicted molar refractivity (Wildman–Crippen MR) is 86.1 cm³/mol. The summed E-state index contributed by atoms with van der Waals surface area (Å²) in [7, 11) is 0. The summed E-state index contributed by atoms with van der Waals surface area (Å²) in [5, 5.41) is 6.78. The summed E-state index contributed by atoms with van der Waals surface area (Å²) in [4.78, 5) is 12.4. The van der Waals surface area contributed by atoms with E-state index in [1.54, 1.807) is 18.2 Å². The summed E-state index contributed by atoms with van der Waals surface area (Å²) in [5.41, 5.74) is 0.640. The highest BCUT2D eigenvalue weighted by Crippen LogP contribution is 2.29. The minimum absolute atomic E-state index is 0.0230. The number of benzene rings is 1. The molecule has 1 aromatic carbocycles. The number of amides is 1. The molecule has 1 aliphatic rings. The first-order chi connectivity index (χ1) is 10.1. The number of halogens is 1. The smallest absolute Gasteiger partial charge is 0.241 e. The lowest BCUT2D eigenvalue weighted by atomic mass is 9.94. The van der Waals surface area contributed by atoms with Crippen molar-refractivity contribution in [2.75, 3.05) is 18.5 Å². The molecule has 2 unspecified atom stereocenters. The van der Waals surface area contributed by atoms with Crippen LogP contribution in [0.25, 0.3) is 0 Å². The third-order valence-electron chi connectivity index (χ3n) is 3.64. The lowest BCUT2D eigenvalue weighted by molar-refractivity contribution is -0.119. The molecule has 2 N–H and O–H groups in total. The molecule has 0 aromatic heterocycles. The van der Waals surface area contributed by atoms with Crippen molar-refractivity contribution in [2.24, 2.45) is 5.92 Å². The summed E-state index contributed by atoms with van der Waals surface area (Å²) in [5.74, 6) is 1.21. The van der Waals surface area contributed by atoms with Crippen LogP contribution in [0.5, 0.6) is 5.75 Å². The molecular weight excluding hydrogens is 288 g/mol. The van der Waals surface area contributed by atoms with Gasteiger partial charge in [0.05, 0.1) is 18.3 Å². The Morgan fingerprint density at radius 1 is 1.52 bits per heavy atom. The molecule has 0 saturated carbocycles. The molecule has 2 atom stereocenters. The van der Waals surface area contributed by atoms with Gasteiger partial charge in [0, 0.05) is 5.02 Å². The summed E-state index contributed by atoms with van der Waals surface area (Å²) >= 11 is 6.02. The van der Waals surface area contributed by atoms with Crippen LogP contribution in [0.15, 0.2) is 18.2 Å². The molecular formula is C16H23ClN2O2. The fourth-order valence-corrected chi connectivity index (χ4v) is 2.64. The van der Waals surface area contributed by atoms with E-state index in [4.69, 9.17) is 16.3 Å². The number of hydrogen-bond acceptors (Lipinski definition) is 3. The summed E-state index contributed by atoms with van der Waals surface area (Å²) in [6.45, 7) is 5.72. The molecule has 0 aliphatic carbocycles. The summed E-state index contributed by atoms with van der Waals surface area (Å²) < 4.78 is 5.66. The zero-order valence-electron chi connectivity index (χ0n) is 12.6. The Bertz CT molecular complexity index is 493. The Labute approximate surface area is 131 Å². The SMILES string of the molecule is CCCOc1ccc(Cl)cc1NC(=O)C1CC(C)CCN1. The number of piperidine rings is 1. The van der Waals surface area contributed by atoms with Crippen LogP contribution in [0.2, 0.25) is 5.02 Å². The molecule has 1 amide bonds. The van der Waals surface area contributed by atoms with Gasteiger partial charge in [0.15, 0.2) is 0 Å². The maximum absolute atomic E-state index is 12.4. The first-order valence-corrected chi connectivity index (χ1v) is 7.94. The van der Waals surface area contributed by atoms with Gasteiger partial charge in [0.2, 0.25) is 5.91 Å². The van der Waals surface area contributed by atoms with Gasteiger partial charge in [-0.25, -0.2) is 0 Å². The van der Waals surface area contributed by atoms with Crippen LogP contribution in [0.3, 0.4) is 0 Å². The Hall–Kier alpha value is -1.26. The Morgan fingerprint density at radius 3 is 3.05 bits per heavy atom. The monoisotopic (exact) mass is 310 g/mol. The minimum atomic E-state index is -0.147. The van der Waals surface area contributed by atoms with Crippen molar-refractivity contribution < 1.29 is 9.53 Å². The molecule has 1 aromatic rings. The molecule has 0 radical (unpaired) electrons. The zero-order chi connectivity index (χ0) is 15.2. The third kappa shape index (κ3) is 4.61. The molecule has 1 saturated heterocycles. The van der Waals surface area contributed by atoms with E-state index >= 15 is 0 Å². The van der Waals surface area contributed by atoms with Crippen LogP contribution >= 0.6 is 11.6 Å². The van der Waals surface area contributed by atoms with Crippen molar-refractivity contribution in [3.05, 3.63) is 23.2 Å². The van der Waals surface area contributed by atoms with Gasteiger partial charge in [-0.3, -0.25) is 4.79 Å². The topological polar surface area (TPSA) is 50.4 Å². The summed E-state index contributed by atoms with van der Waals surface area (Å²) in [6.07, 6.45) is 2.89. The number of carbonyl (C=O) groups is 1. The third-order valence-corrected chi connectivity index (χ3v) is 3.88. The number of carbonyl (C=O) groups excluding carboxylic acids is 1. The van der Waals surface area contributed by atoms with Crippen LogP contribution in [0, 0.1) is 5.92 Å². The van der Waals surface area contributed by atoms with Gasteiger partial charge in [-0.05, 0) is 49.9 Å². The number of anilines is 1. The first kappa shape index (κ1) is 16.1. The van der Waals surface area contributed by atoms with E-state index < -0.39 is 0 Å². The van der Waals surface area contributed by atoms with Crippen molar-refractivity contribution in [1.29, 1.82) is 0 Å². The maximum Gasteiger partial charge on any atom is 0.241 e. The fourth-order valence-electron chi connectivity index (χ4n) is 2.46. The standard InChI is InChI=1S/C16H23ClN2O2/c1-3-8-21-15-5-4-12(17)10-13(15)19-16(20)14-9-11(2)6-7-18-14/h4-5,10-11,14,18H,3,6-9H2,1-2H3,(H,19,20). The van der Waals surface area contributed by atoms with Gasteiger partial charge in [0.1, 0.15) is 5.75 Å². The minimum Gasteiger partial charge on any atom is -0.491 e. The molecule has 2 rings (SSSR count). The normalized spacial score (nSPS) is 21.9. The van der Waals surface area contributed by atoms with Crippen LogP contribution in [-0.2, 0) is 4.79 Å². The van der Waals surface area contributed by atoms with Gasteiger partial charge >= 0.3 is 0 Å². The molecule has 5 heteroatoms. The lowest BCUT2D eigenvalue weighted by Crippen LogP contribution is -2.45. The highest BCUT2D eigenvalue weighted by atomic mass is 35.5. The van der Waals surface area contributed by atoms with Gasteiger partial charge < -0.3 is 15.4 Å². The molecule has 1 aliphatic heterocycles. The van der Waals surface area contributed by atoms with Crippen LogP contribution < -0.4 is 15.4 Å². The average Bonchev–Trinajstić information content (AvgIpc) is 2.46. The number of rotatable bonds is 5. The van der Waals surface area contributed by atoms with Gasteiger partial charge in [-0.2, -0.15) is 0 Å². The molecule has 0 spiro atoms. The van der Waals surface area contributed by atoms with E-state index in [1.165, 1.54) is 0 Å². The highest BCUT2D eigenvalue weighted by Gasteiger charge is 2.25. The van der Waals surface area contributed by atoms with Gasteiger partial charge in [-0.1, -0.05) is 25.4 Å². The van der Waals surface area contributed by atoms with E-state index in [-0.39, 0.29) is 11.9 Å². The van der Waals surface area contributed by atoms with E-state index in [2.05, 4.69) is 17.6 Å². The fraction of sp³-hybridized carbons (Fsp3) is 0.562. The molecule has 1 heterocycles. The van der Waals surface area contributed by atoms with Crippen molar-refractivity contribution in [1.82, 2.24) is 5.32 Å². The highest BCUT2D eigenvalue weighted by molar-refractivity contribution is 6.31. The predicted octanol–water partition coefficient (Wildman–Crippen LogP) is 3.46. The van der Waals surface area contributed by atoms with Crippen molar-refractivity contribution in [2.45, 2.75) is 39.2 Å². The number of nitrogens with one attached hydrogen (secondary N) is 2. The van der Waals surface area contributed by atoms with E-state index in [1.807, 2.05) is 6.92 Å². The number of ether oxygens (including phenoxy) is 1. The Morgan fingerprint density at radius 2 is 2.33 bits per heavy atom. The molecule has 21 heavy (non-hydrogen) atoms. The van der Waals surface area contributed by atoms with E-state index in [9.17, 15) is 4.79 Å². The van der Waals surface area contributed by atoms with Crippen molar-refractivity contribution in [3.63, 3.8) is 0 Å². The second-order valence-electron chi connectivity index (χ2n) is 5.61. The van der Waals surface area contributed by atoms with Crippen LogP contribution in [0.4, 0.5) is 5.69 Å². The second kappa shape index (κ2) is 7.66. The average molecular weight is 311 g/mol. The maximum atomic E-state index is 12.4. The molecule has 116 valence electrons. The van der Waals surface area contributed by atoms with Crippen molar-refractivity contribution >= 4 is 23.2 Å². The molecule has 1 fully saturated rings. The summed E-state index contributed by atoms with van der Waals surface area (Å²) in [6, 6.07) is 5.15. The van der Waals surface area contributed by atoms with Gasteiger partial charge in [-0.15, -0.1) is 0 Å². The number of hydrogen-bond donors (Lipinski definition) is 2. The van der Waals surface area contributed by atoms with E-state index in [0.717, 1.165) is 25.8 Å². The lowest BCUT2D eigenvalue weighted by Gasteiger charge is -2.27. The quantitative estimate of drug-likeness (QED) is 0.875. The van der Waals surface area contributed by atoms with Crippen molar-refractivity contribution in [3.8, 4) is 5.75 Å². The largest absolute Gasteiger partial charge is 0.491 e. The van der Waals surface area contributed by atoms with E-state index in [0.29, 0.717) is 29.0 Å². The molecule has 0 bridgehead atoms. The van der Waals surface area contributed by atoms with Crippen LogP contribution in [0.1, 0.15) is 33.1 Å². The van der Waals surface area contributed by atoms with Gasteiger partial charge in [0.25, 0.3) is 0 Å². The second-order valence-corrected chi connectivity index (χ2v) is 6.05.